The summed E-state index contributed by atoms with van der Waals surface area (Å²) in [6, 6.07) is 9.09. The van der Waals surface area contributed by atoms with Gasteiger partial charge in [0.15, 0.2) is 6.79 Å². The molecule has 27 heavy (non-hydrogen) atoms. The molecule has 0 unspecified atom stereocenters. The monoisotopic (exact) mass is 371 g/mol. The molecule has 1 N–H and O–H groups in total. The SMILES string of the molecule is O=C(OCc1cc(F)cc2c1OCOC2)c1ccc(NC(=O)C2CC2)cc1. The first kappa shape index (κ1) is 17.5. The summed E-state index contributed by atoms with van der Waals surface area (Å²) in [5.41, 5.74) is 2.02. The van der Waals surface area contributed by atoms with E-state index in [1.165, 1.54) is 12.1 Å². The molecule has 1 fully saturated rings. The van der Waals surface area contributed by atoms with Crippen molar-refractivity contribution in [3.63, 3.8) is 0 Å². The van der Waals surface area contributed by atoms with E-state index < -0.39 is 11.8 Å². The fraction of sp³-hybridized carbons (Fsp3) is 0.300. The van der Waals surface area contributed by atoms with E-state index >= 15 is 0 Å². The Morgan fingerprint density at radius 1 is 1.19 bits per heavy atom. The lowest BCUT2D eigenvalue weighted by Gasteiger charge is -2.20. The first-order valence-corrected chi connectivity index (χ1v) is 8.70. The van der Waals surface area contributed by atoms with E-state index in [0.717, 1.165) is 12.8 Å². The fourth-order valence-corrected chi connectivity index (χ4v) is 2.87. The minimum absolute atomic E-state index is 0.00480. The summed E-state index contributed by atoms with van der Waals surface area (Å²) in [5, 5.41) is 2.81. The first-order valence-electron chi connectivity index (χ1n) is 8.70. The van der Waals surface area contributed by atoms with Gasteiger partial charge < -0.3 is 19.5 Å². The minimum atomic E-state index is -0.542. The number of benzene rings is 2. The molecule has 0 bridgehead atoms. The van der Waals surface area contributed by atoms with E-state index in [1.54, 1.807) is 24.3 Å². The van der Waals surface area contributed by atoms with Crippen molar-refractivity contribution in [3.8, 4) is 5.75 Å². The number of carbonyl (C=O) groups excluding carboxylic acids is 2. The second-order valence-electron chi connectivity index (χ2n) is 6.58. The maximum Gasteiger partial charge on any atom is 0.338 e. The lowest BCUT2D eigenvalue weighted by molar-refractivity contribution is -0.117. The number of nitrogens with one attached hydrogen (secondary N) is 1. The van der Waals surface area contributed by atoms with Crippen LogP contribution in [0, 0.1) is 11.7 Å². The molecule has 6 nitrogen and oxygen atoms in total. The van der Waals surface area contributed by atoms with Gasteiger partial charge in [-0.2, -0.15) is 0 Å². The van der Waals surface area contributed by atoms with Gasteiger partial charge in [0.25, 0.3) is 0 Å². The Bertz CT molecular complexity index is 877. The van der Waals surface area contributed by atoms with Crippen LogP contribution in [0.15, 0.2) is 36.4 Å². The van der Waals surface area contributed by atoms with Gasteiger partial charge in [-0.05, 0) is 49.2 Å². The van der Waals surface area contributed by atoms with Crippen LogP contribution in [-0.4, -0.2) is 18.7 Å². The molecule has 1 heterocycles. The quantitative estimate of drug-likeness (QED) is 0.816. The number of amides is 1. The number of ether oxygens (including phenoxy) is 3. The van der Waals surface area contributed by atoms with Gasteiger partial charge in [-0.3, -0.25) is 4.79 Å². The Kier molecular flexibility index (Phi) is 4.77. The highest BCUT2D eigenvalue weighted by molar-refractivity contribution is 5.95. The van der Waals surface area contributed by atoms with Gasteiger partial charge >= 0.3 is 5.97 Å². The zero-order valence-corrected chi connectivity index (χ0v) is 14.5. The molecule has 2 aromatic carbocycles. The van der Waals surface area contributed by atoms with Crippen LogP contribution < -0.4 is 10.1 Å². The molecular formula is C20H18FNO5. The van der Waals surface area contributed by atoms with Crippen molar-refractivity contribution >= 4 is 17.6 Å². The maximum absolute atomic E-state index is 13.7. The third-order valence-corrected chi connectivity index (χ3v) is 4.45. The van der Waals surface area contributed by atoms with Gasteiger partial charge in [-0.1, -0.05) is 0 Å². The van der Waals surface area contributed by atoms with Gasteiger partial charge in [-0.25, -0.2) is 9.18 Å². The molecule has 1 aliphatic carbocycles. The third kappa shape index (κ3) is 4.09. The second-order valence-corrected chi connectivity index (χ2v) is 6.58. The highest BCUT2D eigenvalue weighted by Crippen LogP contribution is 2.31. The predicted octanol–water partition coefficient (Wildman–Crippen LogP) is 3.40. The minimum Gasteiger partial charge on any atom is -0.467 e. The van der Waals surface area contributed by atoms with Crippen LogP contribution in [0.5, 0.6) is 5.75 Å². The van der Waals surface area contributed by atoms with Crippen LogP contribution in [-0.2, 0) is 27.5 Å². The Morgan fingerprint density at radius 3 is 2.70 bits per heavy atom. The maximum atomic E-state index is 13.7. The van der Waals surface area contributed by atoms with Gasteiger partial charge in [0.1, 0.15) is 18.2 Å². The average Bonchev–Trinajstić information content (AvgIpc) is 3.51. The second kappa shape index (κ2) is 7.36. The number of esters is 1. The number of anilines is 1. The van der Waals surface area contributed by atoms with Gasteiger partial charge in [0.05, 0.1) is 12.2 Å². The Morgan fingerprint density at radius 2 is 1.96 bits per heavy atom. The summed E-state index contributed by atoms with van der Waals surface area (Å²) in [7, 11) is 0. The van der Waals surface area contributed by atoms with Crippen molar-refractivity contribution in [2.45, 2.75) is 26.1 Å². The summed E-state index contributed by atoms with van der Waals surface area (Å²) >= 11 is 0. The van der Waals surface area contributed by atoms with Crippen LogP contribution in [0.3, 0.4) is 0 Å². The number of hydrogen-bond donors (Lipinski definition) is 1. The molecule has 140 valence electrons. The largest absolute Gasteiger partial charge is 0.467 e. The van der Waals surface area contributed by atoms with Gasteiger partial charge in [0, 0.05) is 22.7 Å². The molecule has 0 saturated heterocycles. The fourth-order valence-electron chi connectivity index (χ4n) is 2.87. The summed E-state index contributed by atoms with van der Waals surface area (Å²) in [6.07, 6.45) is 1.85. The van der Waals surface area contributed by atoms with E-state index in [2.05, 4.69) is 5.32 Å². The number of hydrogen-bond acceptors (Lipinski definition) is 5. The van der Waals surface area contributed by atoms with E-state index in [4.69, 9.17) is 14.2 Å². The van der Waals surface area contributed by atoms with Crippen molar-refractivity contribution in [3.05, 3.63) is 58.9 Å². The highest BCUT2D eigenvalue weighted by atomic mass is 19.1. The van der Waals surface area contributed by atoms with E-state index in [0.29, 0.717) is 28.1 Å². The van der Waals surface area contributed by atoms with E-state index in [1.807, 2.05) is 0 Å². The van der Waals surface area contributed by atoms with Crippen LogP contribution in [0.25, 0.3) is 0 Å². The predicted molar refractivity (Wildman–Crippen MR) is 93.6 cm³/mol. The van der Waals surface area contributed by atoms with Crippen molar-refractivity contribution < 1.29 is 28.2 Å². The topological polar surface area (TPSA) is 73.9 Å². The molecule has 0 atom stereocenters. The van der Waals surface area contributed by atoms with Crippen LogP contribution in [0.1, 0.15) is 34.3 Å². The normalized spacial score (nSPS) is 15.4. The van der Waals surface area contributed by atoms with E-state index in [-0.39, 0.29) is 31.8 Å². The molecule has 0 spiro atoms. The number of carbonyl (C=O) groups is 2. The number of rotatable bonds is 5. The molecular weight excluding hydrogens is 353 g/mol. The number of halogens is 1. The number of fused-ring (bicyclic) bond motifs is 1. The van der Waals surface area contributed by atoms with Gasteiger partial charge in [0.2, 0.25) is 5.91 Å². The molecule has 1 aliphatic heterocycles. The van der Waals surface area contributed by atoms with Crippen LogP contribution >= 0.6 is 0 Å². The third-order valence-electron chi connectivity index (χ3n) is 4.45. The molecule has 0 radical (unpaired) electrons. The Hall–Kier alpha value is -2.93. The van der Waals surface area contributed by atoms with Crippen molar-refractivity contribution in [2.24, 2.45) is 5.92 Å². The molecule has 4 rings (SSSR count). The first-order chi connectivity index (χ1) is 13.1. The van der Waals surface area contributed by atoms with E-state index in [9.17, 15) is 14.0 Å². The molecule has 7 heteroatoms. The van der Waals surface area contributed by atoms with Crippen LogP contribution in [0.4, 0.5) is 10.1 Å². The summed E-state index contributed by atoms with van der Waals surface area (Å²) in [6.45, 7) is 0.217. The molecule has 1 saturated carbocycles. The lowest BCUT2D eigenvalue weighted by atomic mass is 10.1. The van der Waals surface area contributed by atoms with Crippen molar-refractivity contribution in [1.82, 2.24) is 0 Å². The summed E-state index contributed by atoms with van der Waals surface area (Å²) in [4.78, 5) is 24.0. The zero-order chi connectivity index (χ0) is 18.8. The van der Waals surface area contributed by atoms with Crippen molar-refractivity contribution in [2.75, 3.05) is 12.1 Å². The average molecular weight is 371 g/mol. The Labute approximate surface area is 155 Å². The van der Waals surface area contributed by atoms with Crippen LogP contribution in [0.2, 0.25) is 0 Å². The molecule has 0 aromatic heterocycles. The smallest absolute Gasteiger partial charge is 0.338 e. The van der Waals surface area contributed by atoms with Crippen molar-refractivity contribution in [1.29, 1.82) is 0 Å². The Balaban J connectivity index is 1.39. The summed E-state index contributed by atoms with van der Waals surface area (Å²) in [5.74, 6) is -0.372. The lowest BCUT2D eigenvalue weighted by Crippen LogP contribution is -2.15. The van der Waals surface area contributed by atoms with Gasteiger partial charge in [-0.15, -0.1) is 0 Å². The zero-order valence-electron chi connectivity index (χ0n) is 14.5. The standard InChI is InChI=1S/C20H18FNO5/c21-16-7-14-9-25-11-27-18(14)15(8-16)10-26-20(24)13-3-5-17(6-4-13)22-19(23)12-1-2-12/h3-8,12H,1-2,9-11H2,(H,22,23). The summed E-state index contributed by atoms with van der Waals surface area (Å²) < 4.78 is 29.6. The molecule has 2 aromatic rings. The molecule has 2 aliphatic rings. The molecule has 1 amide bonds. The highest BCUT2D eigenvalue weighted by Gasteiger charge is 2.29.